The van der Waals surface area contributed by atoms with Crippen molar-refractivity contribution in [3.05, 3.63) is 51.7 Å². The molecular formula is C12H6F3N3O2. The van der Waals surface area contributed by atoms with E-state index in [-0.39, 0.29) is 11.4 Å². The Morgan fingerprint density at radius 1 is 1.25 bits per heavy atom. The Hall–Kier alpha value is -2.82. The maximum Gasteiger partial charge on any atom is 0.416 e. The fourth-order valence-electron chi connectivity index (χ4n) is 1.67. The van der Waals surface area contributed by atoms with Crippen molar-refractivity contribution in [2.24, 2.45) is 0 Å². The zero-order valence-corrected chi connectivity index (χ0v) is 9.73. The Bertz CT molecular complexity index is 696. The molecule has 0 aliphatic heterocycles. The van der Waals surface area contributed by atoms with Gasteiger partial charge in [0.15, 0.2) is 5.69 Å². The smallest absolute Gasteiger partial charge is 0.340 e. The molecule has 8 heteroatoms. The second-order valence-electron chi connectivity index (χ2n) is 3.89. The molecule has 0 unspecified atom stereocenters. The summed E-state index contributed by atoms with van der Waals surface area (Å²) >= 11 is 0. The molecule has 0 atom stereocenters. The Morgan fingerprint density at radius 2 is 1.85 bits per heavy atom. The van der Waals surface area contributed by atoms with Gasteiger partial charge in [-0.05, 0) is 17.7 Å². The molecule has 0 saturated heterocycles. The van der Waals surface area contributed by atoms with E-state index in [1.54, 1.807) is 6.07 Å². The maximum absolute atomic E-state index is 12.4. The zero-order chi connectivity index (χ0) is 14.9. The minimum atomic E-state index is -4.45. The molecule has 5 nitrogen and oxygen atoms in total. The molecule has 1 N–H and O–H groups in total. The molecule has 1 aromatic heterocycles. The SMILES string of the molecule is N#Cc1[nH]c(-c2ccc(C(F)(F)F)cc2)cc1[N+](=O)[O-]. The Morgan fingerprint density at radius 3 is 2.25 bits per heavy atom. The number of nitriles is 1. The topological polar surface area (TPSA) is 82.7 Å². The molecule has 0 amide bonds. The number of hydrogen-bond acceptors (Lipinski definition) is 3. The highest BCUT2D eigenvalue weighted by Gasteiger charge is 2.30. The summed E-state index contributed by atoms with van der Waals surface area (Å²) in [7, 11) is 0. The Labute approximate surface area is 110 Å². The zero-order valence-electron chi connectivity index (χ0n) is 9.73. The summed E-state index contributed by atoms with van der Waals surface area (Å²) in [6, 6.07) is 6.84. The van der Waals surface area contributed by atoms with Crippen LogP contribution in [0.25, 0.3) is 11.3 Å². The lowest BCUT2D eigenvalue weighted by Gasteiger charge is -2.06. The van der Waals surface area contributed by atoms with Gasteiger partial charge in [-0.3, -0.25) is 10.1 Å². The maximum atomic E-state index is 12.4. The first-order valence-electron chi connectivity index (χ1n) is 5.28. The molecule has 0 aliphatic carbocycles. The van der Waals surface area contributed by atoms with Crippen molar-refractivity contribution in [1.29, 1.82) is 5.26 Å². The summed E-state index contributed by atoms with van der Waals surface area (Å²) in [4.78, 5) is 12.5. The number of halogens is 3. The number of alkyl halides is 3. The third-order valence-electron chi connectivity index (χ3n) is 2.63. The van der Waals surface area contributed by atoms with Gasteiger partial charge in [-0.2, -0.15) is 18.4 Å². The third-order valence-corrected chi connectivity index (χ3v) is 2.63. The van der Waals surface area contributed by atoms with Crippen molar-refractivity contribution in [1.82, 2.24) is 4.98 Å². The average molecular weight is 281 g/mol. The fraction of sp³-hybridized carbons (Fsp3) is 0.0833. The normalized spacial score (nSPS) is 11.1. The van der Waals surface area contributed by atoms with E-state index < -0.39 is 22.4 Å². The van der Waals surface area contributed by atoms with Crippen LogP contribution in [-0.4, -0.2) is 9.91 Å². The number of nitrogens with zero attached hydrogens (tertiary/aromatic N) is 2. The molecular weight excluding hydrogens is 275 g/mol. The van der Waals surface area contributed by atoms with Gasteiger partial charge in [-0.25, -0.2) is 0 Å². The summed E-state index contributed by atoms with van der Waals surface area (Å²) in [6.07, 6.45) is -4.45. The summed E-state index contributed by atoms with van der Waals surface area (Å²) in [5.74, 6) is 0. The van der Waals surface area contributed by atoms with Crippen molar-refractivity contribution in [3.63, 3.8) is 0 Å². The van der Waals surface area contributed by atoms with Gasteiger partial charge in [0.05, 0.1) is 16.2 Å². The predicted molar refractivity (Wildman–Crippen MR) is 62.6 cm³/mol. The molecule has 0 fully saturated rings. The van der Waals surface area contributed by atoms with E-state index in [1.165, 1.54) is 12.1 Å². The number of rotatable bonds is 2. The first-order chi connectivity index (χ1) is 9.32. The molecule has 2 rings (SSSR count). The highest BCUT2D eigenvalue weighted by Crippen LogP contribution is 2.32. The second-order valence-corrected chi connectivity index (χ2v) is 3.89. The van der Waals surface area contributed by atoms with Crippen molar-refractivity contribution in [2.45, 2.75) is 6.18 Å². The second kappa shape index (κ2) is 4.70. The number of H-pyrrole nitrogens is 1. The standard InChI is InChI=1S/C12H6F3N3O2/c13-12(14,15)8-3-1-7(2-4-8)9-5-11(18(19)20)10(6-16)17-9/h1-5,17H. The van der Waals surface area contributed by atoms with Crippen LogP contribution in [0.5, 0.6) is 0 Å². The van der Waals surface area contributed by atoms with E-state index in [0.29, 0.717) is 5.56 Å². The van der Waals surface area contributed by atoms with E-state index >= 15 is 0 Å². The van der Waals surface area contributed by atoms with Crippen molar-refractivity contribution in [2.75, 3.05) is 0 Å². The van der Waals surface area contributed by atoms with Gasteiger partial charge in [0.2, 0.25) is 0 Å². The van der Waals surface area contributed by atoms with Crippen LogP contribution >= 0.6 is 0 Å². The average Bonchev–Trinajstić information content (AvgIpc) is 2.82. The van der Waals surface area contributed by atoms with Crippen LogP contribution in [0.2, 0.25) is 0 Å². The molecule has 1 aromatic carbocycles. The number of nitro groups is 1. The first kappa shape index (κ1) is 13.6. The van der Waals surface area contributed by atoms with Crippen molar-refractivity contribution in [3.8, 4) is 17.3 Å². The van der Waals surface area contributed by atoms with E-state index in [0.717, 1.165) is 18.2 Å². The van der Waals surface area contributed by atoms with Gasteiger partial charge in [0.25, 0.3) is 0 Å². The lowest BCUT2D eigenvalue weighted by atomic mass is 10.1. The van der Waals surface area contributed by atoms with E-state index in [1.807, 2.05) is 0 Å². The van der Waals surface area contributed by atoms with E-state index in [4.69, 9.17) is 5.26 Å². The molecule has 20 heavy (non-hydrogen) atoms. The summed E-state index contributed by atoms with van der Waals surface area (Å²) < 4.78 is 37.2. The molecule has 0 aliphatic rings. The monoisotopic (exact) mass is 281 g/mol. The van der Waals surface area contributed by atoms with E-state index in [9.17, 15) is 23.3 Å². The number of hydrogen-bond donors (Lipinski definition) is 1. The van der Waals surface area contributed by atoms with Crippen LogP contribution in [-0.2, 0) is 6.18 Å². The van der Waals surface area contributed by atoms with Crippen LogP contribution in [0, 0.1) is 21.4 Å². The third kappa shape index (κ3) is 2.47. The minimum Gasteiger partial charge on any atom is -0.340 e. The highest BCUT2D eigenvalue weighted by molar-refractivity contribution is 5.66. The summed E-state index contributed by atoms with van der Waals surface area (Å²) in [5, 5.41) is 19.4. The van der Waals surface area contributed by atoms with E-state index in [2.05, 4.69) is 4.98 Å². The first-order valence-corrected chi connectivity index (χ1v) is 5.28. The van der Waals surface area contributed by atoms with Crippen molar-refractivity contribution >= 4 is 5.69 Å². The quantitative estimate of drug-likeness (QED) is 0.675. The lowest BCUT2D eigenvalue weighted by molar-refractivity contribution is -0.385. The molecule has 0 radical (unpaired) electrons. The molecule has 0 saturated carbocycles. The summed E-state index contributed by atoms with van der Waals surface area (Å²) in [6.45, 7) is 0. The molecule has 0 bridgehead atoms. The highest BCUT2D eigenvalue weighted by atomic mass is 19.4. The van der Waals surface area contributed by atoms with Gasteiger partial charge in [0, 0.05) is 6.07 Å². The largest absolute Gasteiger partial charge is 0.416 e. The van der Waals surface area contributed by atoms with Crippen LogP contribution < -0.4 is 0 Å². The van der Waals surface area contributed by atoms with Gasteiger partial charge < -0.3 is 4.98 Å². The van der Waals surface area contributed by atoms with Gasteiger partial charge in [-0.15, -0.1) is 0 Å². The van der Waals surface area contributed by atoms with Gasteiger partial charge >= 0.3 is 11.9 Å². The molecule has 102 valence electrons. The van der Waals surface area contributed by atoms with Gasteiger partial charge in [-0.1, -0.05) is 12.1 Å². The van der Waals surface area contributed by atoms with Crippen LogP contribution in [0.3, 0.4) is 0 Å². The number of aromatic amines is 1. The molecule has 0 spiro atoms. The molecule has 2 aromatic rings. The van der Waals surface area contributed by atoms with Crippen LogP contribution in [0.4, 0.5) is 18.9 Å². The molecule has 1 heterocycles. The van der Waals surface area contributed by atoms with Crippen molar-refractivity contribution < 1.29 is 18.1 Å². The lowest BCUT2D eigenvalue weighted by Crippen LogP contribution is -2.03. The van der Waals surface area contributed by atoms with Crippen LogP contribution in [0.1, 0.15) is 11.3 Å². The number of benzene rings is 1. The number of aromatic nitrogens is 1. The predicted octanol–water partition coefficient (Wildman–Crippen LogP) is 3.48. The fourth-order valence-corrected chi connectivity index (χ4v) is 1.67. The summed E-state index contributed by atoms with van der Waals surface area (Å²) in [5.41, 5.74) is -0.945. The number of nitrogens with one attached hydrogen (secondary N) is 1. The van der Waals surface area contributed by atoms with Crippen LogP contribution in [0.15, 0.2) is 30.3 Å². The van der Waals surface area contributed by atoms with Gasteiger partial charge in [0.1, 0.15) is 6.07 Å². The minimum absolute atomic E-state index is 0.210. The Kier molecular flexibility index (Phi) is 3.19. The Balaban J connectivity index is 2.43.